The molecule has 0 bridgehead atoms. The second-order valence-corrected chi connectivity index (χ2v) is 5.27. The maximum atomic E-state index is 12.4. The predicted octanol–water partition coefficient (Wildman–Crippen LogP) is 2.97. The molecular formula is C16H20N2O3. The van der Waals surface area contributed by atoms with Gasteiger partial charge in [-0.2, -0.15) is 0 Å². The van der Waals surface area contributed by atoms with Gasteiger partial charge in [-0.25, -0.2) is 5.06 Å². The molecule has 1 aliphatic heterocycles. The number of hydrogen-bond donors (Lipinski definition) is 0. The fourth-order valence-corrected chi connectivity index (χ4v) is 2.81. The minimum Gasteiger partial charge on any atom is -0.358 e. The van der Waals surface area contributed by atoms with Gasteiger partial charge < -0.3 is 9.30 Å². The summed E-state index contributed by atoms with van der Waals surface area (Å²) in [5.74, 6) is -0.150. The lowest BCUT2D eigenvalue weighted by molar-refractivity contribution is -0.0756. The van der Waals surface area contributed by atoms with Gasteiger partial charge in [0.1, 0.15) is 6.23 Å². The number of carbonyl (C=O) groups is 1. The van der Waals surface area contributed by atoms with Crippen LogP contribution < -0.4 is 0 Å². The molecule has 2 heterocycles. The Balaban J connectivity index is 2.07. The van der Waals surface area contributed by atoms with Crippen LogP contribution in [0.1, 0.15) is 35.8 Å². The van der Waals surface area contributed by atoms with Crippen LogP contribution in [-0.2, 0) is 9.57 Å². The smallest absolute Gasteiger partial charge is 0.279 e. The van der Waals surface area contributed by atoms with Crippen LogP contribution in [-0.4, -0.2) is 36.3 Å². The van der Waals surface area contributed by atoms with E-state index in [1.807, 2.05) is 30.5 Å². The molecular weight excluding hydrogens is 268 g/mol. The summed E-state index contributed by atoms with van der Waals surface area (Å²) < 4.78 is 7.93. The molecule has 5 nitrogen and oxygen atoms in total. The Morgan fingerprint density at radius 3 is 2.90 bits per heavy atom. The summed E-state index contributed by atoms with van der Waals surface area (Å²) in [6.07, 6.45) is 5.13. The first-order chi connectivity index (χ1) is 10.2. The monoisotopic (exact) mass is 288 g/mol. The van der Waals surface area contributed by atoms with E-state index < -0.39 is 0 Å². The van der Waals surface area contributed by atoms with Crippen molar-refractivity contribution in [3.8, 4) is 0 Å². The van der Waals surface area contributed by atoms with Crippen LogP contribution in [0.5, 0.6) is 0 Å². The molecule has 0 radical (unpaired) electrons. The average molecular weight is 288 g/mol. The zero-order valence-electron chi connectivity index (χ0n) is 12.4. The van der Waals surface area contributed by atoms with E-state index in [2.05, 4.69) is 4.57 Å². The molecule has 1 atom stereocenters. The number of rotatable bonds is 3. The van der Waals surface area contributed by atoms with Crippen molar-refractivity contribution in [3.63, 3.8) is 0 Å². The maximum absolute atomic E-state index is 12.4. The Morgan fingerprint density at radius 2 is 2.19 bits per heavy atom. The lowest BCUT2D eigenvalue weighted by atomic mass is 10.1. The van der Waals surface area contributed by atoms with Crippen LogP contribution in [0.2, 0.25) is 0 Å². The lowest BCUT2D eigenvalue weighted by Gasteiger charge is -2.24. The van der Waals surface area contributed by atoms with Crippen LogP contribution in [0.15, 0.2) is 30.5 Å². The Bertz CT molecular complexity index is 644. The highest BCUT2D eigenvalue weighted by Gasteiger charge is 2.23. The molecule has 1 fully saturated rings. The third-order valence-electron chi connectivity index (χ3n) is 4.00. The summed E-state index contributed by atoms with van der Waals surface area (Å²) in [4.78, 5) is 17.4. The van der Waals surface area contributed by atoms with Gasteiger partial charge in [-0.15, -0.1) is 0 Å². The summed E-state index contributed by atoms with van der Waals surface area (Å²) in [5.41, 5.74) is 1.67. The molecule has 0 aliphatic carbocycles. The van der Waals surface area contributed by atoms with Gasteiger partial charge in [0.15, 0.2) is 0 Å². The number of aromatic nitrogens is 1. The lowest BCUT2D eigenvalue weighted by Crippen LogP contribution is -2.25. The molecule has 5 heteroatoms. The van der Waals surface area contributed by atoms with Gasteiger partial charge in [0, 0.05) is 25.2 Å². The van der Waals surface area contributed by atoms with E-state index in [-0.39, 0.29) is 12.1 Å². The van der Waals surface area contributed by atoms with Crippen molar-refractivity contribution in [2.45, 2.75) is 25.5 Å². The fourth-order valence-electron chi connectivity index (χ4n) is 2.81. The molecule has 21 heavy (non-hydrogen) atoms. The first kappa shape index (κ1) is 14.1. The number of carbonyl (C=O) groups excluding carboxylic acids is 1. The number of ether oxygens (including phenoxy) is 1. The number of amides is 1. The first-order valence-electron chi connectivity index (χ1n) is 7.25. The molecule has 1 unspecified atom stereocenters. The van der Waals surface area contributed by atoms with Gasteiger partial charge in [0.2, 0.25) is 0 Å². The number of benzene rings is 1. The summed E-state index contributed by atoms with van der Waals surface area (Å²) in [6, 6.07) is 7.91. The molecule has 1 aromatic carbocycles. The largest absolute Gasteiger partial charge is 0.358 e. The van der Waals surface area contributed by atoms with Crippen molar-refractivity contribution in [3.05, 3.63) is 36.0 Å². The molecule has 3 rings (SSSR count). The number of hydrogen-bond acceptors (Lipinski definition) is 3. The standard InChI is InChI=1S/C16H20N2O3/c1-17(20-2)16(19)13-11-18(15-9-5-6-10-21-15)14-8-4-3-7-12(13)14/h3-4,7-8,11,15H,5-6,9-10H2,1-2H3. The van der Waals surface area contributed by atoms with E-state index in [0.717, 1.165) is 36.8 Å². The van der Waals surface area contributed by atoms with Gasteiger partial charge in [-0.1, -0.05) is 18.2 Å². The summed E-state index contributed by atoms with van der Waals surface area (Å²) in [7, 11) is 3.10. The molecule has 1 amide bonds. The zero-order valence-corrected chi connectivity index (χ0v) is 12.4. The van der Waals surface area contributed by atoms with Crippen LogP contribution in [0.3, 0.4) is 0 Å². The van der Waals surface area contributed by atoms with E-state index in [4.69, 9.17) is 9.57 Å². The third-order valence-corrected chi connectivity index (χ3v) is 4.00. The molecule has 1 saturated heterocycles. The molecule has 2 aromatic rings. The highest BCUT2D eigenvalue weighted by Crippen LogP contribution is 2.30. The van der Waals surface area contributed by atoms with Gasteiger partial charge >= 0.3 is 0 Å². The molecule has 1 aromatic heterocycles. The van der Waals surface area contributed by atoms with Gasteiger partial charge in [0.25, 0.3) is 5.91 Å². The van der Waals surface area contributed by atoms with Crippen molar-refractivity contribution in [1.82, 2.24) is 9.63 Å². The van der Waals surface area contributed by atoms with Gasteiger partial charge in [0.05, 0.1) is 18.2 Å². The van der Waals surface area contributed by atoms with Crippen molar-refractivity contribution < 1.29 is 14.4 Å². The molecule has 0 saturated carbocycles. The maximum Gasteiger partial charge on any atom is 0.279 e. The highest BCUT2D eigenvalue weighted by molar-refractivity contribution is 6.06. The Hall–Kier alpha value is -1.85. The predicted molar refractivity (Wildman–Crippen MR) is 79.9 cm³/mol. The second-order valence-electron chi connectivity index (χ2n) is 5.27. The number of para-hydroxylation sites is 1. The summed E-state index contributed by atoms with van der Waals surface area (Å²) in [5, 5.41) is 2.17. The van der Waals surface area contributed by atoms with E-state index in [1.165, 1.54) is 12.2 Å². The SMILES string of the molecule is CON(C)C(=O)c1cn(C2CCCCO2)c2ccccc12. The van der Waals surface area contributed by atoms with Crippen LogP contribution in [0.4, 0.5) is 0 Å². The van der Waals surface area contributed by atoms with E-state index in [0.29, 0.717) is 5.56 Å². The van der Waals surface area contributed by atoms with Gasteiger partial charge in [-0.3, -0.25) is 9.63 Å². The molecule has 0 N–H and O–H groups in total. The summed E-state index contributed by atoms with van der Waals surface area (Å²) in [6.45, 7) is 0.776. The zero-order chi connectivity index (χ0) is 14.8. The quantitative estimate of drug-likeness (QED) is 0.816. The van der Waals surface area contributed by atoms with Crippen molar-refractivity contribution in [2.24, 2.45) is 0 Å². The van der Waals surface area contributed by atoms with Crippen molar-refractivity contribution >= 4 is 16.8 Å². The Morgan fingerprint density at radius 1 is 1.38 bits per heavy atom. The van der Waals surface area contributed by atoms with Crippen molar-refractivity contribution in [2.75, 3.05) is 20.8 Å². The molecule has 0 spiro atoms. The van der Waals surface area contributed by atoms with Crippen molar-refractivity contribution in [1.29, 1.82) is 0 Å². The van der Waals surface area contributed by atoms with Crippen LogP contribution >= 0.6 is 0 Å². The first-order valence-corrected chi connectivity index (χ1v) is 7.25. The number of hydroxylamine groups is 2. The van der Waals surface area contributed by atoms with E-state index in [9.17, 15) is 4.79 Å². The third kappa shape index (κ3) is 2.54. The van der Waals surface area contributed by atoms with Gasteiger partial charge in [-0.05, 0) is 25.3 Å². The highest BCUT2D eigenvalue weighted by atomic mass is 16.7. The average Bonchev–Trinajstić information content (AvgIpc) is 2.94. The van der Waals surface area contributed by atoms with Crippen LogP contribution in [0, 0.1) is 0 Å². The fraction of sp³-hybridized carbons (Fsp3) is 0.438. The topological polar surface area (TPSA) is 43.7 Å². The normalized spacial score (nSPS) is 18.9. The second kappa shape index (κ2) is 5.87. The molecule has 112 valence electrons. The number of fused-ring (bicyclic) bond motifs is 1. The van der Waals surface area contributed by atoms with E-state index >= 15 is 0 Å². The Kier molecular flexibility index (Phi) is 3.94. The Labute approximate surface area is 124 Å². The minimum atomic E-state index is -0.150. The van der Waals surface area contributed by atoms with Crippen LogP contribution in [0.25, 0.3) is 10.9 Å². The number of nitrogens with zero attached hydrogens (tertiary/aromatic N) is 2. The van der Waals surface area contributed by atoms with E-state index in [1.54, 1.807) is 7.05 Å². The summed E-state index contributed by atoms with van der Waals surface area (Å²) >= 11 is 0. The molecule has 1 aliphatic rings. The minimum absolute atomic E-state index is 0.0121.